The summed E-state index contributed by atoms with van der Waals surface area (Å²) in [4.78, 5) is 15.4. The summed E-state index contributed by atoms with van der Waals surface area (Å²) in [5, 5.41) is 3.23. The molecule has 1 N–H and O–H groups in total. The van der Waals surface area contributed by atoms with Crippen LogP contribution in [0.3, 0.4) is 0 Å². The number of rotatable bonds is 7. The van der Waals surface area contributed by atoms with E-state index >= 15 is 0 Å². The molecule has 0 aliphatic heterocycles. The Balaban J connectivity index is 2.40. The van der Waals surface area contributed by atoms with Gasteiger partial charge in [-0.1, -0.05) is 13.0 Å². The lowest BCUT2D eigenvalue weighted by Gasteiger charge is -2.06. The van der Waals surface area contributed by atoms with Crippen LogP contribution in [0.5, 0.6) is 0 Å². The van der Waals surface area contributed by atoms with Crippen LogP contribution in [0, 0.1) is 0 Å². The second kappa shape index (κ2) is 7.95. The number of nitrogens with one attached hydrogen (secondary N) is 1. The van der Waals surface area contributed by atoms with Gasteiger partial charge >= 0.3 is 5.97 Å². The van der Waals surface area contributed by atoms with Gasteiger partial charge in [0.05, 0.1) is 18.6 Å². The number of methoxy groups -OCH3 is 1. The summed E-state index contributed by atoms with van der Waals surface area (Å²) in [5.74, 6) is 1.78. The Kier molecular flexibility index (Phi) is 6.47. The largest absolute Gasteiger partial charge is 0.468 e. The average Bonchev–Trinajstić information content (AvgIpc) is 2.36. The molecule has 0 fully saturated rings. The fourth-order valence-corrected chi connectivity index (χ4v) is 1.97. The first-order valence-electron chi connectivity index (χ1n) is 5.60. The first-order chi connectivity index (χ1) is 8.26. The maximum Gasteiger partial charge on any atom is 0.315 e. The SMILES string of the molecule is CCCNc1cccc(CSCC(=O)OC)n1. The molecule has 0 unspecified atom stereocenters. The molecule has 0 saturated carbocycles. The number of carbonyl (C=O) groups excluding carboxylic acids is 1. The van der Waals surface area contributed by atoms with Crippen LogP contribution < -0.4 is 5.32 Å². The Morgan fingerprint density at radius 1 is 1.53 bits per heavy atom. The summed E-state index contributed by atoms with van der Waals surface area (Å²) in [6.45, 7) is 3.04. The molecule has 0 aliphatic carbocycles. The summed E-state index contributed by atoms with van der Waals surface area (Å²) >= 11 is 1.51. The Morgan fingerprint density at radius 3 is 3.06 bits per heavy atom. The van der Waals surface area contributed by atoms with Gasteiger partial charge in [0, 0.05) is 12.3 Å². The molecule has 0 aromatic carbocycles. The molecule has 0 saturated heterocycles. The molecule has 17 heavy (non-hydrogen) atoms. The van der Waals surface area contributed by atoms with Gasteiger partial charge in [0.25, 0.3) is 0 Å². The van der Waals surface area contributed by atoms with Gasteiger partial charge < -0.3 is 10.1 Å². The number of hydrogen-bond donors (Lipinski definition) is 1. The van der Waals surface area contributed by atoms with Crippen molar-refractivity contribution in [3.05, 3.63) is 23.9 Å². The monoisotopic (exact) mass is 254 g/mol. The maximum atomic E-state index is 10.9. The van der Waals surface area contributed by atoms with E-state index in [4.69, 9.17) is 0 Å². The van der Waals surface area contributed by atoms with Crippen molar-refractivity contribution in [1.29, 1.82) is 0 Å². The predicted octanol–water partition coefficient (Wildman–Crippen LogP) is 2.31. The smallest absolute Gasteiger partial charge is 0.315 e. The number of nitrogens with zero attached hydrogens (tertiary/aromatic N) is 1. The number of anilines is 1. The second-order valence-electron chi connectivity index (χ2n) is 3.51. The van der Waals surface area contributed by atoms with Gasteiger partial charge in [0.1, 0.15) is 5.82 Å². The molecule has 0 atom stereocenters. The Labute approximate surface area is 106 Å². The molecule has 1 aromatic heterocycles. The highest BCUT2D eigenvalue weighted by Crippen LogP contribution is 2.12. The first-order valence-corrected chi connectivity index (χ1v) is 6.76. The fraction of sp³-hybridized carbons (Fsp3) is 0.500. The van der Waals surface area contributed by atoms with Gasteiger partial charge in [-0.15, -0.1) is 11.8 Å². The third-order valence-corrected chi connectivity index (χ3v) is 3.00. The zero-order valence-corrected chi connectivity index (χ0v) is 11.0. The number of pyridine rings is 1. The minimum atomic E-state index is -0.199. The summed E-state index contributed by atoms with van der Waals surface area (Å²) in [7, 11) is 1.40. The highest BCUT2D eigenvalue weighted by molar-refractivity contribution is 7.99. The Hall–Kier alpha value is -1.23. The lowest BCUT2D eigenvalue weighted by molar-refractivity contribution is -0.137. The van der Waals surface area contributed by atoms with E-state index in [0.29, 0.717) is 5.75 Å². The molecule has 0 radical (unpaired) electrons. The average molecular weight is 254 g/mol. The van der Waals surface area contributed by atoms with Crippen molar-refractivity contribution in [2.75, 3.05) is 24.7 Å². The van der Waals surface area contributed by atoms with Crippen LogP contribution in [0.25, 0.3) is 0 Å². The molecule has 1 aromatic rings. The predicted molar refractivity (Wildman–Crippen MR) is 71.2 cm³/mol. The normalized spacial score (nSPS) is 10.0. The molecule has 1 heterocycles. The van der Waals surface area contributed by atoms with Gasteiger partial charge in [-0.3, -0.25) is 4.79 Å². The standard InChI is InChI=1S/C12H18N2O2S/c1-3-7-13-11-6-4-5-10(14-11)8-17-9-12(15)16-2/h4-6H,3,7-9H2,1-2H3,(H,13,14). The molecular formula is C12H18N2O2S. The highest BCUT2D eigenvalue weighted by atomic mass is 32.2. The van der Waals surface area contributed by atoms with Crippen LogP contribution in [0.2, 0.25) is 0 Å². The summed E-state index contributed by atoms with van der Waals surface area (Å²) in [5.41, 5.74) is 0.972. The summed E-state index contributed by atoms with van der Waals surface area (Å²) in [6.07, 6.45) is 1.07. The number of carbonyl (C=O) groups is 1. The molecular weight excluding hydrogens is 236 g/mol. The van der Waals surface area contributed by atoms with Gasteiger partial charge in [-0.2, -0.15) is 0 Å². The molecule has 0 amide bonds. The number of aromatic nitrogens is 1. The van der Waals surface area contributed by atoms with Gasteiger partial charge in [0.2, 0.25) is 0 Å². The fourth-order valence-electron chi connectivity index (χ4n) is 1.21. The molecule has 0 bridgehead atoms. The molecule has 0 aliphatic rings. The lowest BCUT2D eigenvalue weighted by Crippen LogP contribution is -2.05. The van der Waals surface area contributed by atoms with Crippen molar-refractivity contribution in [2.45, 2.75) is 19.1 Å². The maximum absolute atomic E-state index is 10.9. The van der Waals surface area contributed by atoms with Crippen molar-refractivity contribution in [3.63, 3.8) is 0 Å². The minimum Gasteiger partial charge on any atom is -0.468 e. The van der Waals surface area contributed by atoms with Crippen LogP contribution >= 0.6 is 11.8 Å². The van der Waals surface area contributed by atoms with Crippen LogP contribution in [0.15, 0.2) is 18.2 Å². The third kappa shape index (κ3) is 5.58. The van der Waals surface area contributed by atoms with E-state index < -0.39 is 0 Å². The topological polar surface area (TPSA) is 51.2 Å². The van der Waals surface area contributed by atoms with Crippen LogP contribution in [0.4, 0.5) is 5.82 Å². The molecule has 1 rings (SSSR count). The van der Waals surface area contributed by atoms with Crippen molar-refractivity contribution in [3.8, 4) is 0 Å². The van der Waals surface area contributed by atoms with E-state index in [1.807, 2.05) is 18.2 Å². The summed E-state index contributed by atoms with van der Waals surface area (Å²) in [6, 6.07) is 5.88. The number of ether oxygens (including phenoxy) is 1. The van der Waals surface area contributed by atoms with Crippen LogP contribution in [-0.4, -0.2) is 30.4 Å². The Morgan fingerprint density at radius 2 is 2.35 bits per heavy atom. The highest BCUT2D eigenvalue weighted by Gasteiger charge is 2.02. The minimum absolute atomic E-state index is 0.199. The first kappa shape index (κ1) is 13.8. The van der Waals surface area contributed by atoms with Gasteiger partial charge in [-0.05, 0) is 18.6 Å². The van der Waals surface area contributed by atoms with Crippen molar-refractivity contribution < 1.29 is 9.53 Å². The second-order valence-corrected chi connectivity index (χ2v) is 4.50. The molecule has 0 spiro atoms. The van der Waals surface area contributed by atoms with E-state index in [0.717, 1.165) is 30.2 Å². The summed E-state index contributed by atoms with van der Waals surface area (Å²) < 4.78 is 4.57. The molecule has 94 valence electrons. The zero-order valence-electron chi connectivity index (χ0n) is 10.2. The van der Waals surface area contributed by atoms with Crippen molar-refractivity contribution >= 4 is 23.5 Å². The van der Waals surface area contributed by atoms with Crippen molar-refractivity contribution in [1.82, 2.24) is 4.98 Å². The molecule has 4 nitrogen and oxygen atoms in total. The third-order valence-electron chi connectivity index (χ3n) is 2.06. The van der Waals surface area contributed by atoms with E-state index in [1.54, 1.807) is 0 Å². The van der Waals surface area contributed by atoms with E-state index in [1.165, 1.54) is 18.9 Å². The quantitative estimate of drug-likeness (QED) is 0.757. The lowest BCUT2D eigenvalue weighted by atomic mass is 10.3. The van der Waals surface area contributed by atoms with Crippen molar-refractivity contribution in [2.24, 2.45) is 0 Å². The van der Waals surface area contributed by atoms with Gasteiger partial charge in [0.15, 0.2) is 0 Å². The van der Waals surface area contributed by atoms with Crippen LogP contribution in [-0.2, 0) is 15.3 Å². The number of thioether (sulfide) groups is 1. The van der Waals surface area contributed by atoms with Crippen LogP contribution in [0.1, 0.15) is 19.0 Å². The van der Waals surface area contributed by atoms with E-state index in [9.17, 15) is 4.79 Å². The molecule has 5 heteroatoms. The van der Waals surface area contributed by atoms with E-state index in [-0.39, 0.29) is 5.97 Å². The zero-order chi connectivity index (χ0) is 12.5. The number of esters is 1. The Bertz CT molecular complexity index is 358. The number of hydrogen-bond acceptors (Lipinski definition) is 5. The van der Waals surface area contributed by atoms with E-state index in [2.05, 4.69) is 22.0 Å². The van der Waals surface area contributed by atoms with Gasteiger partial charge in [-0.25, -0.2) is 4.98 Å².